The molecule has 6 heteroatoms. The molecule has 0 spiro atoms. The van der Waals surface area contributed by atoms with E-state index in [4.69, 9.17) is 22.1 Å². The lowest BCUT2D eigenvalue weighted by Gasteiger charge is -2.36. The summed E-state index contributed by atoms with van der Waals surface area (Å²) in [6.45, 7) is 2.61. The number of primary amides is 1. The van der Waals surface area contributed by atoms with E-state index in [1.807, 2.05) is 25.1 Å². The molecule has 0 saturated carbocycles. The predicted octanol–water partition coefficient (Wildman–Crippen LogP) is 1.97. The van der Waals surface area contributed by atoms with Gasteiger partial charge in [0.15, 0.2) is 0 Å². The summed E-state index contributed by atoms with van der Waals surface area (Å²) in [5, 5.41) is 0.620. The first kappa shape index (κ1) is 16.8. The molecule has 0 aromatic heterocycles. The average molecular weight is 325 g/mol. The minimum absolute atomic E-state index is 0.0267. The number of benzene rings is 1. The Kier molecular flexibility index (Phi) is 5.80. The topological polar surface area (TPSA) is 72.6 Å². The molecule has 5 nitrogen and oxygen atoms in total. The van der Waals surface area contributed by atoms with Gasteiger partial charge in [-0.15, -0.1) is 0 Å². The molecule has 1 fully saturated rings. The number of halogens is 1. The van der Waals surface area contributed by atoms with Crippen molar-refractivity contribution in [3.05, 3.63) is 34.9 Å². The molecule has 0 aliphatic carbocycles. The molecule has 2 N–H and O–H groups in total. The summed E-state index contributed by atoms with van der Waals surface area (Å²) < 4.78 is 5.47. The monoisotopic (exact) mass is 324 g/mol. The van der Waals surface area contributed by atoms with Gasteiger partial charge in [0.05, 0.1) is 12.5 Å². The van der Waals surface area contributed by atoms with E-state index in [9.17, 15) is 9.59 Å². The Balaban J connectivity index is 1.86. The molecule has 0 bridgehead atoms. The molecule has 1 aromatic carbocycles. The molecular formula is C16H21ClN2O3. The quantitative estimate of drug-likeness (QED) is 0.900. The van der Waals surface area contributed by atoms with Crippen LogP contribution in [-0.4, -0.2) is 35.9 Å². The van der Waals surface area contributed by atoms with Gasteiger partial charge in [0, 0.05) is 17.6 Å². The third kappa shape index (κ3) is 4.21. The number of nitrogens with zero attached hydrogens (tertiary/aromatic N) is 1. The smallest absolute Gasteiger partial charge is 0.248 e. The highest BCUT2D eigenvalue weighted by atomic mass is 35.5. The Hall–Kier alpha value is -1.59. The van der Waals surface area contributed by atoms with Gasteiger partial charge in [-0.2, -0.15) is 0 Å². The molecule has 22 heavy (non-hydrogen) atoms. The van der Waals surface area contributed by atoms with Gasteiger partial charge in [0.2, 0.25) is 11.8 Å². The summed E-state index contributed by atoms with van der Waals surface area (Å²) in [7, 11) is 0. The molecule has 2 rings (SSSR count). The van der Waals surface area contributed by atoms with Gasteiger partial charge in [-0.1, -0.05) is 29.8 Å². The molecule has 1 saturated heterocycles. The van der Waals surface area contributed by atoms with E-state index >= 15 is 0 Å². The van der Waals surface area contributed by atoms with Gasteiger partial charge >= 0.3 is 0 Å². The van der Waals surface area contributed by atoms with Gasteiger partial charge in [-0.25, -0.2) is 0 Å². The van der Waals surface area contributed by atoms with Crippen LogP contribution < -0.4 is 5.73 Å². The number of carbonyl (C=O) groups is 2. The normalized spacial score (nSPS) is 21.6. The highest BCUT2D eigenvalue weighted by molar-refractivity contribution is 6.31. The van der Waals surface area contributed by atoms with E-state index in [1.54, 1.807) is 11.0 Å². The highest BCUT2D eigenvalue weighted by Crippen LogP contribution is 2.22. The van der Waals surface area contributed by atoms with Crippen LogP contribution in [0.5, 0.6) is 0 Å². The van der Waals surface area contributed by atoms with Crippen LogP contribution in [0, 0.1) is 5.92 Å². The summed E-state index contributed by atoms with van der Waals surface area (Å²) in [6.07, 6.45) is 1.52. The van der Waals surface area contributed by atoms with E-state index in [2.05, 4.69) is 0 Å². The summed E-state index contributed by atoms with van der Waals surface area (Å²) in [5.74, 6) is -0.726. The van der Waals surface area contributed by atoms with Crippen molar-refractivity contribution in [3.8, 4) is 0 Å². The van der Waals surface area contributed by atoms with Crippen LogP contribution in [-0.2, 0) is 20.9 Å². The van der Waals surface area contributed by atoms with Crippen molar-refractivity contribution in [2.24, 2.45) is 11.7 Å². The Labute approximate surface area is 135 Å². The van der Waals surface area contributed by atoms with Gasteiger partial charge in [-0.05, 0) is 31.4 Å². The zero-order chi connectivity index (χ0) is 16.1. The average Bonchev–Trinajstić information content (AvgIpc) is 2.49. The first-order valence-corrected chi connectivity index (χ1v) is 7.76. The number of likely N-dealkylation sites (tertiary alicyclic amines) is 1. The minimum Gasteiger partial charge on any atom is -0.369 e. The molecular weight excluding hydrogens is 304 g/mol. The molecule has 120 valence electrons. The van der Waals surface area contributed by atoms with Crippen molar-refractivity contribution < 1.29 is 14.3 Å². The fourth-order valence-electron chi connectivity index (χ4n) is 2.63. The number of hydrogen-bond donors (Lipinski definition) is 1. The van der Waals surface area contributed by atoms with Crippen LogP contribution in [0.4, 0.5) is 0 Å². The summed E-state index contributed by atoms with van der Waals surface area (Å²) >= 11 is 6.04. The molecule has 1 aliphatic heterocycles. The largest absolute Gasteiger partial charge is 0.369 e. The van der Waals surface area contributed by atoms with E-state index in [-0.39, 0.29) is 37.0 Å². The van der Waals surface area contributed by atoms with Gasteiger partial charge in [0.25, 0.3) is 0 Å². The number of ether oxygens (including phenoxy) is 1. The van der Waals surface area contributed by atoms with E-state index < -0.39 is 0 Å². The van der Waals surface area contributed by atoms with Crippen LogP contribution in [0.3, 0.4) is 0 Å². The van der Waals surface area contributed by atoms with Gasteiger partial charge in [-0.3, -0.25) is 9.59 Å². The second-order valence-corrected chi connectivity index (χ2v) is 6.06. The Morgan fingerprint density at radius 3 is 2.77 bits per heavy atom. The first-order chi connectivity index (χ1) is 10.5. The molecule has 2 atom stereocenters. The van der Waals surface area contributed by atoms with Crippen molar-refractivity contribution in [2.75, 3.05) is 13.2 Å². The second-order valence-electron chi connectivity index (χ2n) is 5.66. The van der Waals surface area contributed by atoms with Crippen molar-refractivity contribution >= 4 is 23.4 Å². The van der Waals surface area contributed by atoms with Crippen LogP contribution in [0.25, 0.3) is 0 Å². The van der Waals surface area contributed by atoms with Crippen LogP contribution in [0.2, 0.25) is 5.02 Å². The Morgan fingerprint density at radius 1 is 1.36 bits per heavy atom. The standard InChI is InChI=1S/C16H21ClN2O3/c1-11-6-7-12(16(18)21)8-19(11)15(20)10-22-9-13-4-2-3-5-14(13)17/h2-5,11-12H,6-10H2,1H3,(H2,18,21). The van der Waals surface area contributed by atoms with E-state index in [1.165, 1.54) is 0 Å². The summed E-state index contributed by atoms with van der Waals surface area (Å²) in [6, 6.07) is 7.46. The highest BCUT2D eigenvalue weighted by Gasteiger charge is 2.31. The van der Waals surface area contributed by atoms with E-state index in [0.717, 1.165) is 18.4 Å². The number of carbonyl (C=O) groups excluding carboxylic acids is 2. The summed E-state index contributed by atoms with van der Waals surface area (Å²) in [4.78, 5) is 25.3. The zero-order valence-electron chi connectivity index (χ0n) is 12.6. The fourth-order valence-corrected chi connectivity index (χ4v) is 2.82. The van der Waals surface area contributed by atoms with Crippen molar-refractivity contribution in [3.63, 3.8) is 0 Å². The molecule has 2 amide bonds. The fraction of sp³-hybridized carbons (Fsp3) is 0.500. The second kappa shape index (κ2) is 7.61. The van der Waals surface area contributed by atoms with Crippen molar-refractivity contribution in [1.29, 1.82) is 0 Å². The van der Waals surface area contributed by atoms with Crippen LogP contribution in [0.1, 0.15) is 25.3 Å². The molecule has 0 radical (unpaired) electrons. The van der Waals surface area contributed by atoms with E-state index in [0.29, 0.717) is 11.6 Å². The van der Waals surface area contributed by atoms with Gasteiger partial charge < -0.3 is 15.4 Å². The molecule has 1 heterocycles. The molecule has 2 unspecified atom stereocenters. The lowest BCUT2D eigenvalue weighted by Crippen LogP contribution is -2.49. The zero-order valence-corrected chi connectivity index (χ0v) is 13.4. The first-order valence-electron chi connectivity index (χ1n) is 7.39. The third-order valence-corrected chi connectivity index (χ3v) is 4.41. The predicted molar refractivity (Wildman–Crippen MR) is 84.2 cm³/mol. The SMILES string of the molecule is CC1CCC(C(N)=O)CN1C(=O)COCc1ccccc1Cl. The number of amides is 2. The number of rotatable bonds is 5. The molecule has 1 aliphatic rings. The maximum atomic E-state index is 12.3. The third-order valence-electron chi connectivity index (χ3n) is 4.05. The lowest BCUT2D eigenvalue weighted by atomic mass is 9.93. The van der Waals surface area contributed by atoms with Crippen molar-refractivity contribution in [1.82, 2.24) is 4.90 Å². The van der Waals surface area contributed by atoms with Gasteiger partial charge in [0.1, 0.15) is 6.61 Å². The molecule has 1 aromatic rings. The van der Waals surface area contributed by atoms with Crippen molar-refractivity contribution in [2.45, 2.75) is 32.4 Å². The Morgan fingerprint density at radius 2 is 2.09 bits per heavy atom. The summed E-state index contributed by atoms with van der Waals surface area (Å²) in [5.41, 5.74) is 6.19. The van der Waals surface area contributed by atoms with Crippen LogP contribution >= 0.6 is 11.6 Å². The maximum absolute atomic E-state index is 12.3. The number of nitrogens with two attached hydrogens (primary N) is 1. The Bertz CT molecular complexity index is 550. The number of hydrogen-bond acceptors (Lipinski definition) is 3. The van der Waals surface area contributed by atoms with Crippen LogP contribution in [0.15, 0.2) is 24.3 Å². The number of piperidine rings is 1. The minimum atomic E-state index is -0.346. The maximum Gasteiger partial charge on any atom is 0.248 e. The lowest BCUT2D eigenvalue weighted by molar-refractivity contribution is -0.142.